The molecule has 7 nitrogen and oxygen atoms in total. The summed E-state index contributed by atoms with van der Waals surface area (Å²) in [5.74, 6) is -2.49. The Bertz CT molecular complexity index is 682. The average Bonchev–Trinajstić information content (AvgIpc) is 2.70. The maximum atomic E-state index is 13.4. The molecular weight excluding hydrogens is 472 g/mol. The topological polar surface area (TPSA) is 99.1 Å². The van der Waals surface area contributed by atoms with E-state index in [2.05, 4.69) is 0 Å². The highest BCUT2D eigenvalue weighted by Gasteiger charge is 2.46. The number of hydrogen-bond donors (Lipinski definition) is 1. The minimum atomic E-state index is -2.39. The molecule has 1 N–H and O–H groups in total. The number of ether oxygens (including phenoxy) is 3. The van der Waals surface area contributed by atoms with E-state index in [1.807, 2.05) is 83.1 Å². The number of carbonyl (C=O) groups is 3. The summed E-state index contributed by atoms with van der Waals surface area (Å²) in [6.45, 7) is 23.6. The zero-order valence-electron chi connectivity index (χ0n) is 25.8. The second-order valence-electron chi connectivity index (χ2n) is 13.7. The average molecular weight is 529 g/mol. The molecule has 3 atom stereocenters. The van der Waals surface area contributed by atoms with E-state index in [1.165, 1.54) is 0 Å². The highest BCUT2D eigenvalue weighted by Crippen LogP contribution is 2.32. The number of esters is 3. The van der Waals surface area contributed by atoms with Crippen LogP contribution in [0.5, 0.6) is 0 Å². The van der Waals surface area contributed by atoms with E-state index in [1.54, 1.807) is 0 Å². The predicted molar refractivity (Wildman–Crippen MR) is 147 cm³/mol. The van der Waals surface area contributed by atoms with Gasteiger partial charge in [-0.25, -0.2) is 4.79 Å². The molecule has 0 spiro atoms. The SMILES string of the molecule is CCCC(OC(=O)CC(O)(CC(=O)OC(CCC)C(C)(C)C)C(=O)OC(CCC)C(C)(C)C)C(C)(C)C. The lowest BCUT2D eigenvalue weighted by molar-refractivity contribution is -0.190. The fourth-order valence-electron chi connectivity index (χ4n) is 4.12. The highest BCUT2D eigenvalue weighted by atomic mass is 16.6. The highest BCUT2D eigenvalue weighted by molar-refractivity contribution is 5.90. The minimum absolute atomic E-state index is 0.318. The number of aliphatic hydroxyl groups is 1. The quantitative estimate of drug-likeness (QED) is 0.196. The van der Waals surface area contributed by atoms with Crippen LogP contribution in [-0.4, -0.2) is 46.9 Å². The summed E-state index contributed by atoms with van der Waals surface area (Å²) in [5.41, 5.74) is -3.41. The summed E-state index contributed by atoms with van der Waals surface area (Å²) < 4.78 is 17.2. The van der Waals surface area contributed by atoms with Gasteiger partial charge >= 0.3 is 17.9 Å². The standard InChI is InChI=1S/C30H56O7/c1-13-16-21(27(4,5)6)35-24(31)19-30(34,26(33)37-23(18-15-3)29(10,11)12)20-25(32)36-22(17-14-2)28(7,8)9/h21-23,34H,13-20H2,1-12H3. The van der Waals surface area contributed by atoms with Gasteiger partial charge in [-0.1, -0.05) is 102 Å². The molecule has 0 aromatic heterocycles. The third-order valence-corrected chi connectivity index (χ3v) is 6.60. The summed E-state index contributed by atoms with van der Waals surface area (Å²) in [6, 6.07) is 0. The maximum Gasteiger partial charge on any atom is 0.339 e. The molecule has 0 fully saturated rings. The van der Waals surface area contributed by atoms with E-state index in [-0.39, 0.29) is 16.2 Å². The second kappa shape index (κ2) is 14.5. The van der Waals surface area contributed by atoms with Crippen molar-refractivity contribution in [1.29, 1.82) is 0 Å². The van der Waals surface area contributed by atoms with Gasteiger partial charge < -0.3 is 19.3 Å². The van der Waals surface area contributed by atoms with E-state index in [9.17, 15) is 19.5 Å². The van der Waals surface area contributed by atoms with Crippen molar-refractivity contribution in [2.45, 2.75) is 158 Å². The van der Waals surface area contributed by atoms with Crippen LogP contribution in [0.2, 0.25) is 0 Å². The van der Waals surface area contributed by atoms with Gasteiger partial charge in [-0.15, -0.1) is 0 Å². The van der Waals surface area contributed by atoms with E-state index in [0.717, 1.165) is 19.3 Å². The van der Waals surface area contributed by atoms with Crippen molar-refractivity contribution >= 4 is 17.9 Å². The van der Waals surface area contributed by atoms with E-state index >= 15 is 0 Å². The molecular formula is C30H56O7. The first-order valence-corrected chi connectivity index (χ1v) is 14.0. The van der Waals surface area contributed by atoms with Gasteiger partial charge in [-0.2, -0.15) is 0 Å². The lowest BCUT2D eigenvalue weighted by atomic mass is 9.85. The van der Waals surface area contributed by atoms with Crippen molar-refractivity contribution in [3.05, 3.63) is 0 Å². The van der Waals surface area contributed by atoms with Crippen LogP contribution in [0, 0.1) is 16.2 Å². The monoisotopic (exact) mass is 528 g/mol. The number of hydrogen-bond acceptors (Lipinski definition) is 7. The third-order valence-electron chi connectivity index (χ3n) is 6.60. The Balaban J connectivity index is 6.04. The van der Waals surface area contributed by atoms with Crippen molar-refractivity contribution in [3.8, 4) is 0 Å². The smallest absolute Gasteiger partial charge is 0.339 e. The second-order valence-corrected chi connectivity index (χ2v) is 13.7. The van der Waals surface area contributed by atoms with Crippen molar-refractivity contribution < 1.29 is 33.7 Å². The van der Waals surface area contributed by atoms with E-state index in [4.69, 9.17) is 14.2 Å². The van der Waals surface area contributed by atoms with Gasteiger partial charge in [0.2, 0.25) is 0 Å². The minimum Gasteiger partial charge on any atom is -0.462 e. The van der Waals surface area contributed by atoms with Gasteiger partial charge in [0.25, 0.3) is 0 Å². The van der Waals surface area contributed by atoms with Crippen LogP contribution >= 0.6 is 0 Å². The Hall–Kier alpha value is -1.63. The zero-order valence-corrected chi connectivity index (χ0v) is 25.8. The molecule has 0 amide bonds. The summed E-state index contributed by atoms with van der Waals surface area (Å²) in [6.07, 6.45) is 1.62. The van der Waals surface area contributed by atoms with Gasteiger partial charge in [0, 0.05) is 0 Å². The third kappa shape index (κ3) is 12.6. The van der Waals surface area contributed by atoms with Crippen molar-refractivity contribution in [3.63, 3.8) is 0 Å². The predicted octanol–water partition coefficient (Wildman–Crippen LogP) is 6.77. The van der Waals surface area contributed by atoms with Crippen molar-refractivity contribution in [2.24, 2.45) is 16.2 Å². The molecule has 7 heteroatoms. The van der Waals surface area contributed by atoms with Crippen LogP contribution in [0.25, 0.3) is 0 Å². The van der Waals surface area contributed by atoms with Crippen molar-refractivity contribution in [1.82, 2.24) is 0 Å². The Labute approximate surface area is 226 Å². The zero-order chi connectivity index (χ0) is 29.2. The molecule has 0 aromatic carbocycles. The van der Waals surface area contributed by atoms with Gasteiger partial charge in [0.05, 0.1) is 12.8 Å². The first-order chi connectivity index (χ1) is 16.7. The molecule has 0 aliphatic heterocycles. The van der Waals surface area contributed by atoms with Crippen LogP contribution in [0.15, 0.2) is 0 Å². The fourth-order valence-corrected chi connectivity index (χ4v) is 4.12. The summed E-state index contributed by atoms with van der Waals surface area (Å²) in [7, 11) is 0. The molecule has 0 heterocycles. The first-order valence-electron chi connectivity index (χ1n) is 14.0. The molecule has 37 heavy (non-hydrogen) atoms. The molecule has 0 aromatic rings. The lowest BCUT2D eigenvalue weighted by Gasteiger charge is -2.35. The Morgan fingerprint density at radius 3 is 1.08 bits per heavy atom. The van der Waals surface area contributed by atoms with Gasteiger partial charge in [0.1, 0.15) is 18.3 Å². The number of rotatable bonds is 14. The van der Waals surface area contributed by atoms with E-state index in [0.29, 0.717) is 19.3 Å². The van der Waals surface area contributed by atoms with Crippen LogP contribution < -0.4 is 0 Å². The van der Waals surface area contributed by atoms with Gasteiger partial charge in [0.15, 0.2) is 5.60 Å². The summed E-state index contributed by atoms with van der Waals surface area (Å²) in [4.78, 5) is 39.5. The molecule has 0 aliphatic carbocycles. The first kappa shape index (κ1) is 35.4. The molecule has 3 unspecified atom stereocenters. The van der Waals surface area contributed by atoms with Crippen LogP contribution in [-0.2, 0) is 28.6 Å². The molecule has 0 saturated heterocycles. The molecule has 0 bridgehead atoms. The van der Waals surface area contributed by atoms with Crippen molar-refractivity contribution in [2.75, 3.05) is 0 Å². The largest absolute Gasteiger partial charge is 0.462 e. The normalized spacial score (nSPS) is 16.8. The molecule has 218 valence electrons. The van der Waals surface area contributed by atoms with Crippen LogP contribution in [0.4, 0.5) is 0 Å². The molecule has 0 radical (unpaired) electrons. The summed E-state index contributed by atoms with van der Waals surface area (Å²) in [5, 5.41) is 11.5. The Morgan fingerprint density at radius 1 is 0.568 bits per heavy atom. The summed E-state index contributed by atoms with van der Waals surface area (Å²) >= 11 is 0. The molecule has 0 aliphatic rings. The van der Waals surface area contributed by atoms with Gasteiger partial charge in [-0.05, 0) is 35.5 Å². The molecule has 0 rings (SSSR count). The van der Waals surface area contributed by atoms with Gasteiger partial charge in [-0.3, -0.25) is 9.59 Å². The fraction of sp³-hybridized carbons (Fsp3) is 0.900. The van der Waals surface area contributed by atoms with Crippen LogP contribution in [0.1, 0.15) is 134 Å². The van der Waals surface area contributed by atoms with Crippen LogP contribution in [0.3, 0.4) is 0 Å². The van der Waals surface area contributed by atoms with E-state index < -0.39 is 54.7 Å². The number of carbonyl (C=O) groups excluding carboxylic acids is 3. The lowest BCUT2D eigenvalue weighted by Crippen LogP contribution is -2.48. The maximum absolute atomic E-state index is 13.4. The molecule has 0 saturated carbocycles. The Kier molecular flexibility index (Phi) is 13.9. The Morgan fingerprint density at radius 2 is 0.838 bits per heavy atom.